The molecule has 2 fully saturated rings. The lowest BCUT2D eigenvalue weighted by Gasteiger charge is -2.37. The van der Waals surface area contributed by atoms with E-state index in [1.165, 1.54) is 6.07 Å². The minimum atomic E-state index is -0.845. The summed E-state index contributed by atoms with van der Waals surface area (Å²) < 4.78 is 38.3. The number of halogens is 2. The van der Waals surface area contributed by atoms with Crippen LogP contribution in [0.15, 0.2) is 42.5 Å². The summed E-state index contributed by atoms with van der Waals surface area (Å²) in [7, 11) is 0. The molecule has 2 aliphatic rings. The van der Waals surface area contributed by atoms with E-state index in [0.717, 1.165) is 50.2 Å². The Bertz CT molecular complexity index is 822. The molecule has 2 aromatic carbocycles. The van der Waals surface area contributed by atoms with Crippen LogP contribution in [0.4, 0.5) is 8.78 Å². The maximum Gasteiger partial charge on any atom is 0.195 e. The smallest absolute Gasteiger partial charge is 0.195 e. The third-order valence-electron chi connectivity index (χ3n) is 5.23. The minimum absolute atomic E-state index is 0.123. The van der Waals surface area contributed by atoms with Gasteiger partial charge in [-0.05, 0) is 17.7 Å². The van der Waals surface area contributed by atoms with Crippen molar-refractivity contribution >= 4 is 5.78 Å². The molecule has 142 valence electrons. The number of benzene rings is 2. The molecule has 0 aliphatic carbocycles. The van der Waals surface area contributed by atoms with E-state index in [9.17, 15) is 13.6 Å². The van der Waals surface area contributed by atoms with Gasteiger partial charge in [0.15, 0.2) is 11.6 Å². The van der Waals surface area contributed by atoms with Gasteiger partial charge in [-0.15, -0.1) is 0 Å². The van der Waals surface area contributed by atoms with Crippen LogP contribution >= 0.6 is 0 Å². The van der Waals surface area contributed by atoms with Gasteiger partial charge in [0, 0.05) is 44.1 Å². The van der Waals surface area contributed by atoms with Gasteiger partial charge in [-0.25, -0.2) is 8.78 Å². The first-order valence-electron chi connectivity index (χ1n) is 9.14. The van der Waals surface area contributed by atoms with Crippen LogP contribution in [0.2, 0.25) is 0 Å². The number of carbonyl (C=O) groups excluding carboxylic acids is 1. The van der Waals surface area contributed by atoms with Crippen LogP contribution in [0.1, 0.15) is 34.3 Å². The second-order valence-corrected chi connectivity index (χ2v) is 7.03. The third-order valence-corrected chi connectivity index (χ3v) is 5.23. The van der Waals surface area contributed by atoms with Crippen molar-refractivity contribution in [2.24, 2.45) is 0 Å². The summed E-state index contributed by atoms with van der Waals surface area (Å²) in [5, 5.41) is 0. The fraction of sp³-hybridized carbons (Fsp3) is 0.381. The second kappa shape index (κ2) is 7.46. The molecule has 4 rings (SSSR count). The Labute approximate surface area is 156 Å². The summed E-state index contributed by atoms with van der Waals surface area (Å²) in [5.41, 5.74) is 1.34. The van der Waals surface area contributed by atoms with Gasteiger partial charge in [-0.3, -0.25) is 9.69 Å². The molecule has 0 bridgehead atoms. The molecule has 0 unspecified atom stereocenters. The van der Waals surface area contributed by atoms with Crippen molar-refractivity contribution in [2.45, 2.75) is 25.2 Å². The van der Waals surface area contributed by atoms with Crippen molar-refractivity contribution in [3.8, 4) is 0 Å². The summed E-state index contributed by atoms with van der Waals surface area (Å²) in [6.45, 7) is 3.90. The Hall–Kier alpha value is -2.15. The Kier molecular flexibility index (Phi) is 5.04. The maximum absolute atomic E-state index is 13.8. The van der Waals surface area contributed by atoms with Crippen LogP contribution in [0.5, 0.6) is 0 Å². The largest absolute Gasteiger partial charge is 0.347 e. The molecule has 0 atom stereocenters. The number of ether oxygens (including phenoxy) is 2. The number of rotatable bonds is 4. The topological polar surface area (TPSA) is 38.8 Å². The van der Waals surface area contributed by atoms with Gasteiger partial charge in [-0.1, -0.05) is 24.3 Å². The molecule has 0 N–H and O–H groups in total. The van der Waals surface area contributed by atoms with Crippen LogP contribution < -0.4 is 0 Å². The number of ketones is 1. The highest BCUT2D eigenvalue weighted by Gasteiger charge is 2.39. The van der Waals surface area contributed by atoms with Gasteiger partial charge in [-0.2, -0.15) is 0 Å². The van der Waals surface area contributed by atoms with Crippen LogP contribution in [0.25, 0.3) is 0 Å². The Morgan fingerprint density at radius 1 is 1.00 bits per heavy atom. The zero-order chi connectivity index (χ0) is 18.9. The van der Waals surface area contributed by atoms with E-state index in [2.05, 4.69) is 4.90 Å². The van der Waals surface area contributed by atoms with Crippen molar-refractivity contribution in [3.63, 3.8) is 0 Å². The monoisotopic (exact) mass is 373 g/mol. The molecule has 6 heteroatoms. The number of piperidine rings is 1. The molecule has 0 radical (unpaired) electrons. The second-order valence-electron chi connectivity index (χ2n) is 7.03. The molecule has 2 heterocycles. The lowest BCUT2D eigenvalue weighted by atomic mass is 10.0. The van der Waals surface area contributed by atoms with Gasteiger partial charge >= 0.3 is 0 Å². The van der Waals surface area contributed by atoms with E-state index in [-0.39, 0.29) is 11.4 Å². The normalized spacial score (nSPS) is 19.5. The fourth-order valence-electron chi connectivity index (χ4n) is 3.69. The lowest BCUT2D eigenvalue weighted by Crippen LogP contribution is -2.44. The van der Waals surface area contributed by atoms with Gasteiger partial charge < -0.3 is 9.47 Å². The van der Waals surface area contributed by atoms with E-state index >= 15 is 0 Å². The average molecular weight is 373 g/mol. The fourth-order valence-corrected chi connectivity index (χ4v) is 3.69. The van der Waals surface area contributed by atoms with Gasteiger partial charge in [0.05, 0.1) is 18.8 Å². The summed E-state index contributed by atoms with van der Waals surface area (Å²) in [5.74, 6) is -2.38. The first-order chi connectivity index (χ1) is 13.0. The van der Waals surface area contributed by atoms with Crippen LogP contribution in [-0.4, -0.2) is 42.8 Å². The zero-order valence-corrected chi connectivity index (χ0v) is 14.9. The third kappa shape index (κ3) is 3.93. The van der Waals surface area contributed by atoms with Crippen LogP contribution in [0, 0.1) is 11.6 Å². The predicted octanol–water partition coefficient (Wildman–Crippen LogP) is 3.53. The van der Waals surface area contributed by atoms with Crippen molar-refractivity contribution in [1.29, 1.82) is 0 Å². The van der Waals surface area contributed by atoms with E-state index in [4.69, 9.17) is 9.47 Å². The molecular formula is C21H21F2NO3. The zero-order valence-electron chi connectivity index (χ0n) is 14.9. The average Bonchev–Trinajstić information content (AvgIpc) is 3.12. The summed E-state index contributed by atoms with van der Waals surface area (Å²) >= 11 is 0. The number of nitrogens with zero attached hydrogens (tertiary/aromatic N) is 1. The first-order valence-corrected chi connectivity index (χ1v) is 9.14. The number of carbonyl (C=O) groups is 1. The van der Waals surface area contributed by atoms with Crippen molar-refractivity contribution in [2.75, 3.05) is 26.3 Å². The number of likely N-dealkylation sites (tertiary alicyclic amines) is 1. The predicted molar refractivity (Wildman–Crippen MR) is 95.4 cm³/mol. The Morgan fingerprint density at radius 3 is 2.30 bits per heavy atom. The Morgan fingerprint density at radius 2 is 1.67 bits per heavy atom. The molecule has 2 aromatic rings. The highest BCUT2D eigenvalue weighted by Crippen LogP contribution is 2.31. The van der Waals surface area contributed by atoms with Crippen molar-refractivity contribution in [1.82, 2.24) is 4.90 Å². The van der Waals surface area contributed by atoms with Gasteiger partial charge in [0.25, 0.3) is 0 Å². The van der Waals surface area contributed by atoms with Gasteiger partial charge in [0.1, 0.15) is 11.6 Å². The molecule has 1 spiro atoms. The first kappa shape index (κ1) is 18.2. The van der Waals surface area contributed by atoms with Crippen molar-refractivity contribution < 1.29 is 23.0 Å². The highest BCUT2D eigenvalue weighted by molar-refractivity contribution is 6.09. The SMILES string of the molecule is O=C(c1ccc(CN2CCC3(CC2)OCCO3)cc1)c1ccc(F)cc1F. The minimum Gasteiger partial charge on any atom is -0.347 e. The molecule has 2 aliphatic heterocycles. The van der Waals surface area contributed by atoms with E-state index in [1.807, 2.05) is 12.1 Å². The van der Waals surface area contributed by atoms with Crippen LogP contribution in [0.3, 0.4) is 0 Å². The highest BCUT2D eigenvalue weighted by atomic mass is 19.1. The van der Waals surface area contributed by atoms with E-state index in [1.54, 1.807) is 12.1 Å². The summed E-state index contributed by atoms with van der Waals surface area (Å²) in [6.07, 6.45) is 1.71. The number of hydrogen-bond donors (Lipinski definition) is 0. The Balaban J connectivity index is 1.38. The van der Waals surface area contributed by atoms with Crippen LogP contribution in [-0.2, 0) is 16.0 Å². The summed E-state index contributed by atoms with van der Waals surface area (Å²) in [6, 6.07) is 10.1. The summed E-state index contributed by atoms with van der Waals surface area (Å²) in [4.78, 5) is 14.7. The molecule has 27 heavy (non-hydrogen) atoms. The molecule has 0 amide bonds. The van der Waals surface area contributed by atoms with Crippen molar-refractivity contribution in [3.05, 3.63) is 70.8 Å². The van der Waals surface area contributed by atoms with Gasteiger partial charge in [0.2, 0.25) is 0 Å². The molecule has 4 nitrogen and oxygen atoms in total. The molecule has 0 saturated carbocycles. The quantitative estimate of drug-likeness (QED) is 0.769. The lowest BCUT2D eigenvalue weighted by molar-refractivity contribution is -0.185. The molecule has 0 aromatic heterocycles. The molecular weight excluding hydrogens is 352 g/mol. The number of hydrogen-bond acceptors (Lipinski definition) is 4. The van der Waals surface area contributed by atoms with E-state index < -0.39 is 17.4 Å². The molecule has 2 saturated heterocycles. The maximum atomic E-state index is 13.8. The van der Waals surface area contributed by atoms with E-state index in [0.29, 0.717) is 18.8 Å². The standard InChI is InChI=1S/C21H21F2NO3/c22-17-5-6-18(19(23)13-17)20(25)16-3-1-15(2-4-16)14-24-9-7-21(8-10-24)26-11-12-27-21/h1-6,13H,7-12,14H2.